The molecule has 58 heavy (non-hydrogen) atoms. The maximum Gasteiger partial charge on any atom is 0.347 e. The Morgan fingerprint density at radius 3 is 2.60 bits per heavy atom. The molecule has 9 rings (SSSR count). The highest BCUT2D eigenvalue weighted by molar-refractivity contribution is 7.22. The van der Waals surface area contributed by atoms with Gasteiger partial charge in [0.2, 0.25) is 12.0 Å². The van der Waals surface area contributed by atoms with Crippen molar-refractivity contribution in [2.24, 2.45) is 0 Å². The molecule has 294 valence electrons. The molecule has 2 aliphatic heterocycles. The fourth-order valence-electron chi connectivity index (χ4n) is 6.69. The minimum absolute atomic E-state index is 0.0209. The van der Waals surface area contributed by atoms with Crippen LogP contribution in [-0.4, -0.2) is 58.9 Å². The molecular weight excluding hydrogens is 783 g/mol. The third-order valence-corrected chi connectivity index (χ3v) is 11.1. The predicted molar refractivity (Wildman–Crippen MR) is 219 cm³/mol. The number of hydrogen-bond donors (Lipinski definition) is 0. The molecular formula is C44H36ClFN4O7S. The first-order valence-corrected chi connectivity index (χ1v) is 19.6. The topological polar surface area (TPSA) is 124 Å². The maximum atomic E-state index is 14.1. The van der Waals surface area contributed by atoms with Gasteiger partial charge in [-0.2, -0.15) is 0 Å². The minimum Gasteiger partial charge on any atom is -0.496 e. The van der Waals surface area contributed by atoms with E-state index in [9.17, 15) is 9.18 Å². The first-order valence-electron chi connectivity index (χ1n) is 18.4. The summed E-state index contributed by atoms with van der Waals surface area (Å²) < 4.78 is 50.5. The maximum absolute atomic E-state index is 14.1. The van der Waals surface area contributed by atoms with Crippen LogP contribution in [0.4, 0.5) is 4.39 Å². The largest absolute Gasteiger partial charge is 0.496 e. The van der Waals surface area contributed by atoms with Crippen molar-refractivity contribution in [2.45, 2.75) is 33.0 Å². The molecule has 5 heterocycles. The van der Waals surface area contributed by atoms with Crippen LogP contribution in [-0.2, 0) is 22.6 Å². The van der Waals surface area contributed by atoms with Gasteiger partial charge < -0.3 is 28.4 Å². The van der Waals surface area contributed by atoms with Gasteiger partial charge >= 0.3 is 5.97 Å². The number of fused-ring (bicyclic) bond motifs is 7. The molecule has 7 aromatic rings. The molecule has 4 bridgehead atoms. The fourth-order valence-corrected chi connectivity index (χ4v) is 8.06. The second kappa shape index (κ2) is 17.0. The van der Waals surface area contributed by atoms with E-state index < -0.39 is 12.1 Å². The summed E-state index contributed by atoms with van der Waals surface area (Å²) in [6.45, 7) is 4.23. The molecule has 0 N–H and O–H groups in total. The molecule has 0 radical (unpaired) electrons. The van der Waals surface area contributed by atoms with Gasteiger partial charge in [-0.3, -0.25) is 0 Å². The van der Waals surface area contributed by atoms with Crippen LogP contribution in [0.2, 0.25) is 5.02 Å². The lowest BCUT2D eigenvalue weighted by atomic mass is 9.96. The average Bonchev–Trinajstić information content (AvgIpc) is 3.63. The van der Waals surface area contributed by atoms with Crippen LogP contribution in [0.15, 0.2) is 97.5 Å². The van der Waals surface area contributed by atoms with Gasteiger partial charge in [-0.15, -0.1) is 11.3 Å². The molecule has 3 aromatic heterocycles. The predicted octanol–water partition coefficient (Wildman–Crippen LogP) is 9.50. The van der Waals surface area contributed by atoms with E-state index in [4.69, 9.17) is 45.0 Å². The van der Waals surface area contributed by atoms with E-state index in [2.05, 4.69) is 15.0 Å². The van der Waals surface area contributed by atoms with Crippen molar-refractivity contribution in [3.8, 4) is 61.8 Å². The van der Waals surface area contributed by atoms with E-state index in [1.54, 1.807) is 62.7 Å². The van der Waals surface area contributed by atoms with Crippen molar-refractivity contribution < 1.29 is 37.6 Å². The lowest BCUT2D eigenvalue weighted by Crippen LogP contribution is -2.32. The van der Waals surface area contributed by atoms with Crippen LogP contribution < -0.4 is 23.7 Å². The number of para-hydroxylation sites is 1. The van der Waals surface area contributed by atoms with E-state index in [1.807, 2.05) is 37.3 Å². The van der Waals surface area contributed by atoms with Crippen molar-refractivity contribution >= 4 is 39.1 Å². The third-order valence-electron chi connectivity index (χ3n) is 9.47. The summed E-state index contributed by atoms with van der Waals surface area (Å²) in [5, 5.41) is 0.971. The van der Waals surface area contributed by atoms with E-state index in [-0.39, 0.29) is 44.5 Å². The second-order valence-electron chi connectivity index (χ2n) is 13.1. The normalized spacial score (nSPS) is 13.8. The van der Waals surface area contributed by atoms with Gasteiger partial charge in [-0.1, -0.05) is 41.9 Å². The molecule has 0 fully saturated rings. The van der Waals surface area contributed by atoms with E-state index in [0.29, 0.717) is 60.9 Å². The van der Waals surface area contributed by atoms with Gasteiger partial charge in [0.25, 0.3) is 0 Å². The van der Waals surface area contributed by atoms with E-state index in [0.717, 1.165) is 27.1 Å². The van der Waals surface area contributed by atoms with Crippen molar-refractivity contribution in [3.63, 3.8) is 0 Å². The summed E-state index contributed by atoms with van der Waals surface area (Å²) in [5.74, 6) is 1.80. The van der Waals surface area contributed by atoms with E-state index >= 15 is 0 Å². The highest BCUT2D eigenvalue weighted by Gasteiger charge is 2.30. The first-order chi connectivity index (χ1) is 28.3. The zero-order chi connectivity index (χ0) is 40.2. The number of rotatable bonds is 8. The number of carbonyl (C=O) groups is 1. The molecule has 4 aromatic carbocycles. The Bertz CT molecular complexity index is 2620. The summed E-state index contributed by atoms with van der Waals surface area (Å²) in [6, 6.07) is 24.6. The average molecular weight is 819 g/mol. The summed E-state index contributed by atoms with van der Waals surface area (Å²) in [5.41, 5.74) is 4.93. The highest BCUT2D eigenvalue weighted by Crippen LogP contribution is 2.49. The zero-order valence-electron chi connectivity index (χ0n) is 31.7. The molecule has 1 atom stereocenters. The number of thiophene rings is 1. The van der Waals surface area contributed by atoms with Gasteiger partial charge in [0.15, 0.2) is 5.82 Å². The fraction of sp³-hybridized carbons (Fsp3) is 0.205. The summed E-state index contributed by atoms with van der Waals surface area (Å²) in [4.78, 5) is 33.6. The van der Waals surface area contributed by atoms with Crippen LogP contribution in [0.5, 0.6) is 28.9 Å². The zero-order valence-corrected chi connectivity index (χ0v) is 33.2. The molecule has 0 saturated carbocycles. The number of methoxy groups -OCH3 is 1. The minimum atomic E-state index is -1.18. The third kappa shape index (κ3) is 7.95. The Labute approximate surface area is 342 Å². The van der Waals surface area contributed by atoms with Crippen LogP contribution in [0, 0.1) is 12.7 Å². The molecule has 0 spiro atoms. The van der Waals surface area contributed by atoms with Gasteiger partial charge in [-0.25, -0.2) is 29.1 Å². The van der Waals surface area contributed by atoms with Gasteiger partial charge in [0.05, 0.1) is 35.4 Å². The number of nitrogens with zero attached hydrogens (tertiary/aromatic N) is 4. The Morgan fingerprint density at radius 1 is 0.948 bits per heavy atom. The summed E-state index contributed by atoms with van der Waals surface area (Å²) in [7, 11) is 1.60. The number of aromatic nitrogens is 4. The Morgan fingerprint density at radius 2 is 1.78 bits per heavy atom. The number of carbonyl (C=O) groups excluding carboxylic acids is 1. The van der Waals surface area contributed by atoms with E-state index in [1.165, 1.54) is 29.8 Å². The smallest absolute Gasteiger partial charge is 0.347 e. The molecule has 0 amide bonds. The summed E-state index contributed by atoms with van der Waals surface area (Å²) >= 11 is 8.36. The van der Waals surface area contributed by atoms with Gasteiger partial charge in [0, 0.05) is 28.6 Å². The molecule has 14 heteroatoms. The van der Waals surface area contributed by atoms with Crippen molar-refractivity contribution in [2.75, 3.05) is 26.9 Å². The van der Waals surface area contributed by atoms with Crippen LogP contribution in [0.1, 0.15) is 23.7 Å². The SMILES string of the molecule is CCOC(=O)[C@H]1Cc2cc(ccc2OCc2ccnc(-c3ccccc3OC)n2)OCCOc2ccc(c(C)c2Cl)-c2c(-c3ccc(F)cc3)sc3ncnc(c23)O1. The molecule has 2 aliphatic rings. The van der Waals surface area contributed by atoms with Crippen LogP contribution >= 0.6 is 22.9 Å². The standard InChI is InChI=1S/C44H36ClFN4O7S/c1-4-53-44(51)36-22-27-21-30(13-15-33(27)56-23-29-17-18-47-41(50-29)32-7-5-6-8-34(32)52-3)54-19-20-55-35-16-14-31(25(2)39(35)45)37-38-42(57-36)48-24-49-43(38)58-40(37)26-9-11-28(46)12-10-26/h5-18,21,24,36H,4,19-20,22-23H2,1-3H3/t36-/m1/s1. The van der Waals surface area contributed by atoms with Crippen molar-refractivity contribution in [1.82, 2.24) is 19.9 Å². The van der Waals surface area contributed by atoms with Crippen LogP contribution in [0.25, 0.3) is 43.2 Å². The first kappa shape index (κ1) is 38.6. The molecule has 11 nitrogen and oxygen atoms in total. The summed E-state index contributed by atoms with van der Waals surface area (Å²) in [6.07, 6.45) is 1.89. The van der Waals surface area contributed by atoms with Crippen molar-refractivity contribution in [3.05, 3.63) is 125 Å². The number of esters is 1. The Hall–Kier alpha value is -6.31. The number of halogens is 2. The monoisotopic (exact) mass is 818 g/mol. The Kier molecular flexibility index (Phi) is 11.3. The number of ether oxygens (including phenoxy) is 6. The van der Waals surface area contributed by atoms with Gasteiger partial charge in [0.1, 0.15) is 59.8 Å². The van der Waals surface area contributed by atoms with Crippen LogP contribution in [0.3, 0.4) is 0 Å². The Balaban J connectivity index is 1.21. The lowest BCUT2D eigenvalue weighted by Gasteiger charge is -2.20. The lowest BCUT2D eigenvalue weighted by molar-refractivity contribution is -0.151. The van der Waals surface area contributed by atoms with Gasteiger partial charge in [-0.05, 0) is 85.1 Å². The molecule has 0 saturated heterocycles. The highest BCUT2D eigenvalue weighted by atomic mass is 35.5. The second-order valence-corrected chi connectivity index (χ2v) is 14.5. The molecule has 0 aliphatic carbocycles. The number of hydrogen-bond acceptors (Lipinski definition) is 12. The quantitative estimate of drug-likeness (QED) is 0.136. The molecule has 0 unspecified atom stereocenters. The van der Waals surface area contributed by atoms with Crippen molar-refractivity contribution in [1.29, 1.82) is 0 Å². The number of benzene rings is 4.